The standard InChI is InChI=1S/C17H19FN4O3/c1-21-16(24)12(10-20-17(21)25)6-8-22-9-7-19-15(23)14(22)11-2-4-13(18)5-3-11/h2-5,10,14H,6-9H2,1H3,(H,19,23)(H,20,25). The van der Waals surface area contributed by atoms with Gasteiger partial charge in [0.1, 0.15) is 11.9 Å². The van der Waals surface area contributed by atoms with E-state index in [-0.39, 0.29) is 17.3 Å². The van der Waals surface area contributed by atoms with Gasteiger partial charge in [0.2, 0.25) is 5.91 Å². The van der Waals surface area contributed by atoms with Gasteiger partial charge < -0.3 is 10.3 Å². The Labute approximate surface area is 143 Å². The Kier molecular flexibility index (Phi) is 4.80. The number of aromatic amines is 1. The quantitative estimate of drug-likeness (QED) is 0.811. The molecule has 2 heterocycles. The molecule has 7 nitrogen and oxygen atoms in total. The lowest BCUT2D eigenvalue weighted by Gasteiger charge is -2.35. The van der Waals surface area contributed by atoms with Crippen LogP contribution in [-0.2, 0) is 18.3 Å². The van der Waals surface area contributed by atoms with Crippen molar-refractivity contribution >= 4 is 5.91 Å². The van der Waals surface area contributed by atoms with Gasteiger partial charge in [-0.1, -0.05) is 12.1 Å². The lowest BCUT2D eigenvalue weighted by atomic mass is 10.0. The number of nitrogens with zero attached hydrogens (tertiary/aromatic N) is 2. The molecule has 1 aromatic heterocycles. The summed E-state index contributed by atoms with van der Waals surface area (Å²) in [6.07, 6.45) is 1.82. The molecular formula is C17H19FN4O3. The zero-order valence-corrected chi connectivity index (χ0v) is 13.8. The summed E-state index contributed by atoms with van der Waals surface area (Å²) in [6, 6.07) is 5.31. The SMILES string of the molecule is Cn1c(=O)[nH]cc(CCN2CCNC(=O)C2c2ccc(F)cc2)c1=O. The fourth-order valence-corrected chi connectivity index (χ4v) is 3.02. The van der Waals surface area contributed by atoms with Gasteiger partial charge in [0.15, 0.2) is 0 Å². The van der Waals surface area contributed by atoms with E-state index >= 15 is 0 Å². The zero-order valence-electron chi connectivity index (χ0n) is 13.8. The number of hydrogen-bond acceptors (Lipinski definition) is 4. The predicted octanol–water partition coefficient (Wildman–Crippen LogP) is -0.0717. The van der Waals surface area contributed by atoms with E-state index in [0.29, 0.717) is 37.2 Å². The van der Waals surface area contributed by atoms with Gasteiger partial charge in [0.25, 0.3) is 5.56 Å². The lowest BCUT2D eigenvalue weighted by molar-refractivity contribution is -0.129. The molecule has 0 bridgehead atoms. The molecule has 8 heteroatoms. The summed E-state index contributed by atoms with van der Waals surface area (Å²) in [5.74, 6) is -0.504. The molecule has 1 aromatic carbocycles. The van der Waals surface area contributed by atoms with Gasteiger partial charge in [-0.2, -0.15) is 0 Å². The van der Waals surface area contributed by atoms with Crippen LogP contribution in [0, 0.1) is 5.82 Å². The Morgan fingerprint density at radius 1 is 1.20 bits per heavy atom. The Bertz CT molecular complexity index is 888. The number of aromatic nitrogens is 2. The summed E-state index contributed by atoms with van der Waals surface area (Å²) < 4.78 is 14.2. The van der Waals surface area contributed by atoms with Crippen molar-refractivity contribution in [2.24, 2.45) is 7.05 Å². The first-order valence-corrected chi connectivity index (χ1v) is 8.02. The van der Waals surface area contributed by atoms with Crippen molar-refractivity contribution in [2.45, 2.75) is 12.5 Å². The number of piperazine rings is 1. The summed E-state index contributed by atoms with van der Waals surface area (Å²) in [5.41, 5.74) is 0.373. The number of carbonyl (C=O) groups is 1. The third-order valence-electron chi connectivity index (χ3n) is 4.42. The molecule has 1 saturated heterocycles. The van der Waals surface area contributed by atoms with Crippen molar-refractivity contribution in [3.63, 3.8) is 0 Å². The topological polar surface area (TPSA) is 87.2 Å². The van der Waals surface area contributed by atoms with Crippen LogP contribution in [0.2, 0.25) is 0 Å². The molecule has 1 atom stereocenters. The molecule has 1 aliphatic heterocycles. The molecule has 3 rings (SSSR count). The molecule has 0 saturated carbocycles. The van der Waals surface area contributed by atoms with E-state index in [2.05, 4.69) is 10.3 Å². The van der Waals surface area contributed by atoms with Gasteiger partial charge in [-0.3, -0.25) is 19.1 Å². The van der Waals surface area contributed by atoms with Crippen molar-refractivity contribution < 1.29 is 9.18 Å². The number of hydrogen-bond donors (Lipinski definition) is 2. The van der Waals surface area contributed by atoms with E-state index in [1.807, 2.05) is 4.90 Å². The zero-order chi connectivity index (χ0) is 18.0. The predicted molar refractivity (Wildman–Crippen MR) is 89.7 cm³/mol. The first-order valence-electron chi connectivity index (χ1n) is 8.02. The molecule has 1 aliphatic rings. The smallest absolute Gasteiger partial charge is 0.328 e. The molecule has 0 radical (unpaired) electrons. The minimum atomic E-state index is -0.527. The van der Waals surface area contributed by atoms with Crippen LogP contribution < -0.4 is 16.6 Å². The number of H-pyrrole nitrogens is 1. The van der Waals surface area contributed by atoms with Crippen LogP contribution in [0.5, 0.6) is 0 Å². The van der Waals surface area contributed by atoms with Gasteiger partial charge in [-0.25, -0.2) is 9.18 Å². The normalized spacial score (nSPS) is 18.2. The Morgan fingerprint density at radius 3 is 2.64 bits per heavy atom. The number of carbonyl (C=O) groups excluding carboxylic acids is 1. The molecule has 0 aliphatic carbocycles. The fraction of sp³-hybridized carbons (Fsp3) is 0.353. The number of nitrogens with one attached hydrogen (secondary N) is 2. The monoisotopic (exact) mass is 346 g/mol. The fourth-order valence-electron chi connectivity index (χ4n) is 3.02. The van der Waals surface area contributed by atoms with Crippen molar-refractivity contribution in [1.29, 1.82) is 0 Å². The van der Waals surface area contributed by atoms with Gasteiger partial charge >= 0.3 is 5.69 Å². The van der Waals surface area contributed by atoms with Gasteiger partial charge in [-0.15, -0.1) is 0 Å². The minimum absolute atomic E-state index is 0.146. The van der Waals surface area contributed by atoms with Crippen LogP contribution in [0.15, 0.2) is 40.1 Å². The highest BCUT2D eigenvalue weighted by atomic mass is 19.1. The lowest BCUT2D eigenvalue weighted by Crippen LogP contribution is -2.50. The van der Waals surface area contributed by atoms with E-state index in [9.17, 15) is 18.8 Å². The van der Waals surface area contributed by atoms with E-state index in [4.69, 9.17) is 0 Å². The molecule has 25 heavy (non-hydrogen) atoms. The van der Waals surface area contributed by atoms with E-state index in [1.165, 1.54) is 25.4 Å². The van der Waals surface area contributed by atoms with Gasteiger partial charge in [0, 0.05) is 38.4 Å². The highest BCUT2D eigenvalue weighted by Crippen LogP contribution is 2.23. The molecular weight excluding hydrogens is 327 g/mol. The maximum Gasteiger partial charge on any atom is 0.328 e. The van der Waals surface area contributed by atoms with Gasteiger partial charge in [-0.05, 0) is 24.1 Å². The van der Waals surface area contributed by atoms with Crippen molar-refractivity contribution in [3.8, 4) is 0 Å². The average Bonchev–Trinajstić information content (AvgIpc) is 2.60. The molecule has 1 unspecified atom stereocenters. The third-order valence-corrected chi connectivity index (χ3v) is 4.42. The summed E-state index contributed by atoms with van der Waals surface area (Å²) in [6.45, 7) is 1.61. The second-order valence-corrected chi connectivity index (χ2v) is 6.01. The molecule has 132 valence electrons. The number of benzene rings is 1. The van der Waals surface area contributed by atoms with Gasteiger partial charge in [0.05, 0.1) is 0 Å². The summed E-state index contributed by atoms with van der Waals surface area (Å²) in [7, 11) is 1.42. The van der Waals surface area contributed by atoms with Crippen LogP contribution in [0.25, 0.3) is 0 Å². The first kappa shape index (κ1) is 17.1. The van der Waals surface area contributed by atoms with Crippen LogP contribution in [0.4, 0.5) is 4.39 Å². The Hall–Kier alpha value is -2.74. The van der Waals surface area contributed by atoms with E-state index < -0.39 is 11.7 Å². The van der Waals surface area contributed by atoms with E-state index in [1.54, 1.807) is 12.1 Å². The molecule has 1 amide bonds. The maximum absolute atomic E-state index is 13.2. The molecule has 2 aromatic rings. The molecule has 1 fully saturated rings. The van der Waals surface area contributed by atoms with E-state index in [0.717, 1.165) is 4.57 Å². The second kappa shape index (κ2) is 7.02. The third kappa shape index (κ3) is 3.53. The molecule has 0 spiro atoms. The number of rotatable bonds is 4. The largest absolute Gasteiger partial charge is 0.353 e. The Balaban J connectivity index is 1.81. The molecule has 2 N–H and O–H groups in total. The summed E-state index contributed by atoms with van der Waals surface area (Å²) >= 11 is 0. The summed E-state index contributed by atoms with van der Waals surface area (Å²) in [4.78, 5) is 40.3. The van der Waals surface area contributed by atoms with Crippen LogP contribution in [0.3, 0.4) is 0 Å². The van der Waals surface area contributed by atoms with Crippen molar-refractivity contribution in [1.82, 2.24) is 19.8 Å². The Morgan fingerprint density at radius 2 is 1.92 bits per heavy atom. The summed E-state index contributed by atoms with van der Waals surface area (Å²) in [5, 5.41) is 2.81. The maximum atomic E-state index is 13.2. The second-order valence-electron chi connectivity index (χ2n) is 6.01. The van der Waals surface area contributed by atoms with Crippen molar-refractivity contribution in [3.05, 3.63) is 68.2 Å². The highest BCUT2D eigenvalue weighted by Gasteiger charge is 2.30. The first-order chi connectivity index (χ1) is 12.0. The number of amides is 1. The van der Waals surface area contributed by atoms with Crippen molar-refractivity contribution in [2.75, 3.05) is 19.6 Å². The number of halogens is 1. The highest BCUT2D eigenvalue weighted by molar-refractivity contribution is 5.83. The minimum Gasteiger partial charge on any atom is -0.353 e. The van der Waals surface area contributed by atoms with Crippen LogP contribution in [0.1, 0.15) is 17.2 Å². The van der Waals surface area contributed by atoms with Crippen LogP contribution >= 0.6 is 0 Å². The van der Waals surface area contributed by atoms with Crippen LogP contribution in [-0.4, -0.2) is 40.0 Å². The average molecular weight is 346 g/mol.